The van der Waals surface area contributed by atoms with Crippen molar-refractivity contribution >= 4 is 16.5 Å². The third kappa shape index (κ3) is 1.92. The van der Waals surface area contributed by atoms with Gasteiger partial charge in [-0.3, -0.25) is 0 Å². The van der Waals surface area contributed by atoms with E-state index in [1.54, 1.807) is 11.3 Å². The van der Waals surface area contributed by atoms with Crippen molar-refractivity contribution < 1.29 is 0 Å². The van der Waals surface area contributed by atoms with Gasteiger partial charge < -0.3 is 5.73 Å². The van der Waals surface area contributed by atoms with Gasteiger partial charge in [-0.25, -0.2) is 4.98 Å². The number of aromatic nitrogens is 1. The topological polar surface area (TPSA) is 38.9 Å². The molecule has 0 bridgehead atoms. The van der Waals surface area contributed by atoms with Crippen molar-refractivity contribution in [1.29, 1.82) is 0 Å². The van der Waals surface area contributed by atoms with Crippen molar-refractivity contribution in [2.75, 3.05) is 5.73 Å². The Morgan fingerprint density at radius 3 is 2.93 bits per heavy atom. The van der Waals surface area contributed by atoms with E-state index in [0.717, 1.165) is 17.0 Å². The highest BCUT2D eigenvalue weighted by Gasteiger charge is 2.26. The van der Waals surface area contributed by atoms with Crippen molar-refractivity contribution in [3.8, 4) is 0 Å². The lowest BCUT2D eigenvalue weighted by molar-refractivity contribution is 0.302. The molecule has 1 aromatic rings. The first-order chi connectivity index (χ1) is 6.81. The van der Waals surface area contributed by atoms with E-state index in [2.05, 4.69) is 11.9 Å². The van der Waals surface area contributed by atoms with Gasteiger partial charge in [0.25, 0.3) is 0 Å². The minimum Gasteiger partial charge on any atom is -0.375 e. The molecule has 3 heteroatoms. The van der Waals surface area contributed by atoms with E-state index in [1.807, 2.05) is 6.20 Å². The molecule has 78 valence electrons. The normalized spacial score (nSPS) is 27.8. The summed E-state index contributed by atoms with van der Waals surface area (Å²) in [4.78, 5) is 5.57. The highest BCUT2D eigenvalue weighted by molar-refractivity contribution is 7.15. The lowest BCUT2D eigenvalue weighted by atomic mass is 9.77. The maximum Gasteiger partial charge on any atom is 0.180 e. The van der Waals surface area contributed by atoms with Crippen LogP contribution in [0.5, 0.6) is 0 Å². The Balaban J connectivity index is 2.14. The second-order valence-electron chi connectivity index (χ2n) is 4.16. The van der Waals surface area contributed by atoms with E-state index in [9.17, 15) is 0 Å². The first-order valence-corrected chi connectivity index (χ1v) is 6.34. The van der Waals surface area contributed by atoms with Gasteiger partial charge in [0.1, 0.15) is 0 Å². The molecule has 1 aromatic heterocycles. The van der Waals surface area contributed by atoms with Crippen LogP contribution in [0.15, 0.2) is 6.20 Å². The van der Waals surface area contributed by atoms with E-state index in [1.165, 1.54) is 37.0 Å². The van der Waals surface area contributed by atoms with E-state index in [-0.39, 0.29) is 0 Å². The van der Waals surface area contributed by atoms with Crippen molar-refractivity contribution in [3.05, 3.63) is 11.1 Å². The molecule has 2 N–H and O–H groups in total. The number of nitrogens with zero attached hydrogens (tertiary/aromatic N) is 1. The molecule has 2 nitrogen and oxygen atoms in total. The monoisotopic (exact) mass is 210 g/mol. The maximum absolute atomic E-state index is 5.68. The number of nitrogens with two attached hydrogens (primary N) is 1. The van der Waals surface area contributed by atoms with Gasteiger partial charge in [0.15, 0.2) is 5.13 Å². The number of rotatable bonds is 2. The molecular weight excluding hydrogens is 192 g/mol. The van der Waals surface area contributed by atoms with Crippen LogP contribution in [0, 0.1) is 5.92 Å². The van der Waals surface area contributed by atoms with E-state index in [0.29, 0.717) is 0 Å². The van der Waals surface area contributed by atoms with Gasteiger partial charge in [0, 0.05) is 11.1 Å². The molecule has 2 unspecified atom stereocenters. The number of nitrogen functional groups attached to an aromatic ring is 1. The van der Waals surface area contributed by atoms with Gasteiger partial charge >= 0.3 is 0 Å². The molecule has 0 amide bonds. The highest BCUT2D eigenvalue weighted by atomic mass is 32.1. The molecule has 2 atom stereocenters. The number of anilines is 1. The summed E-state index contributed by atoms with van der Waals surface area (Å²) in [6.45, 7) is 2.30. The third-order valence-corrected chi connectivity index (χ3v) is 4.30. The van der Waals surface area contributed by atoms with Crippen LogP contribution in [-0.4, -0.2) is 4.98 Å². The van der Waals surface area contributed by atoms with Gasteiger partial charge in [-0.05, 0) is 24.7 Å². The van der Waals surface area contributed by atoms with Gasteiger partial charge in [-0.2, -0.15) is 0 Å². The molecule has 14 heavy (non-hydrogen) atoms. The second-order valence-corrected chi connectivity index (χ2v) is 5.25. The molecule has 0 aromatic carbocycles. The second kappa shape index (κ2) is 4.30. The summed E-state index contributed by atoms with van der Waals surface area (Å²) in [5, 5.41) is 0.723. The van der Waals surface area contributed by atoms with E-state index < -0.39 is 0 Å². The average Bonchev–Trinajstić information content (AvgIpc) is 2.65. The summed E-state index contributed by atoms with van der Waals surface area (Å²) in [5.74, 6) is 1.60. The Morgan fingerprint density at radius 1 is 1.50 bits per heavy atom. The van der Waals surface area contributed by atoms with Crippen LogP contribution in [0.2, 0.25) is 0 Å². The minimum absolute atomic E-state index is 0.723. The van der Waals surface area contributed by atoms with Crippen molar-refractivity contribution in [3.63, 3.8) is 0 Å². The zero-order chi connectivity index (χ0) is 9.97. The Morgan fingerprint density at radius 2 is 2.29 bits per heavy atom. The van der Waals surface area contributed by atoms with Crippen LogP contribution in [0.4, 0.5) is 5.13 Å². The first-order valence-electron chi connectivity index (χ1n) is 5.52. The average molecular weight is 210 g/mol. The minimum atomic E-state index is 0.723. The van der Waals surface area contributed by atoms with Crippen LogP contribution < -0.4 is 5.73 Å². The summed E-state index contributed by atoms with van der Waals surface area (Å²) in [6, 6.07) is 0. The molecule has 1 aliphatic carbocycles. The van der Waals surface area contributed by atoms with Crippen molar-refractivity contribution in [2.24, 2.45) is 5.92 Å². The molecular formula is C11H18N2S. The molecule has 1 fully saturated rings. The summed E-state index contributed by atoms with van der Waals surface area (Å²) < 4.78 is 0. The summed E-state index contributed by atoms with van der Waals surface area (Å²) >= 11 is 1.68. The lowest BCUT2D eigenvalue weighted by Gasteiger charge is -2.29. The predicted octanol–water partition coefficient (Wildman–Crippen LogP) is 3.41. The van der Waals surface area contributed by atoms with Gasteiger partial charge in [0.05, 0.1) is 0 Å². The third-order valence-electron chi connectivity index (χ3n) is 3.34. The first kappa shape index (κ1) is 9.97. The summed E-state index contributed by atoms with van der Waals surface area (Å²) in [7, 11) is 0. The SMILES string of the molecule is CCC1CCCCC1c1cnc(N)s1. The fraction of sp³-hybridized carbons (Fsp3) is 0.727. The Labute approximate surface area is 89.5 Å². The molecule has 0 aliphatic heterocycles. The predicted molar refractivity (Wildman–Crippen MR) is 61.5 cm³/mol. The summed E-state index contributed by atoms with van der Waals surface area (Å²) in [5.41, 5.74) is 5.68. The number of thiazole rings is 1. The fourth-order valence-corrected chi connectivity index (χ4v) is 3.46. The smallest absolute Gasteiger partial charge is 0.180 e. The van der Waals surface area contributed by atoms with Crippen molar-refractivity contribution in [2.45, 2.75) is 44.9 Å². The Bertz CT molecular complexity index is 295. The molecule has 1 aliphatic rings. The van der Waals surface area contributed by atoms with Gasteiger partial charge in [0.2, 0.25) is 0 Å². The fourth-order valence-electron chi connectivity index (χ4n) is 2.54. The molecule has 0 radical (unpaired) electrons. The largest absolute Gasteiger partial charge is 0.375 e. The Hall–Kier alpha value is -0.570. The quantitative estimate of drug-likeness (QED) is 0.812. The number of hydrogen-bond acceptors (Lipinski definition) is 3. The maximum atomic E-state index is 5.68. The number of hydrogen-bond donors (Lipinski definition) is 1. The van der Waals surface area contributed by atoms with Crippen LogP contribution in [0.3, 0.4) is 0 Å². The zero-order valence-electron chi connectivity index (χ0n) is 8.70. The lowest BCUT2D eigenvalue weighted by Crippen LogP contribution is -2.15. The molecule has 1 heterocycles. The van der Waals surface area contributed by atoms with Gasteiger partial charge in [-0.1, -0.05) is 26.2 Å². The zero-order valence-corrected chi connectivity index (χ0v) is 9.52. The molecule has 2 rings (SSSR count). The van der Waals surface area contributed by atoms with E-state index >= 15 is 0 Å². The van der Waals surface area contributed by atoms with E-state index in [4.69, 9.17) is 5.73 Å². The Kier molecular flexibility index (Phi) is 3.06. The summed E-state index contributed by atoms with van der Waals surface area (Å²) in [6.07, 6.45) is 8.78. The van der Waals surface area contributed by atoms with Gasteiger partial charge in [-0.15, -0.1) is 11.3 Å². The highest BCUT2D eigenvalue weighted by Crippen LogP contribution is 2.41. The van der Waals surface area contributed by atoms with Crippen LogP contribution in [-0.2, 0) is 0 Å². The standard InChI is InChI=1S/C11H18N2S/c1-2-8-5-3-4-6-9(8)10-7-13-11(12)14-10/h7-9H,2-6H2,1H3,(H2,12,13). The van der Waals surface area contributed by atoms with Crippen LogP contribution >= 0.6 is 11.3 Å². The molecule has 0 spiro atoms. The van der Waals surface area contributed by atoms with Crippen LogP contribution in [0.25, 0.3) is 0 Å². The molecule has 1 saturated carbocycles. The van der Waals surface area contributed by atoms with Crippen molar-refractivity contribution in [1.82, 2.24) is 4.98 Å². The van der Waals surface area contributed by atoms with Crippen LogP contribution in [0.1, 0.15) is 49.8 Å². The molecule has 0 saturated heterocycles.